The lowest BCUT2D eigenvalue weighted by Gasteiger charge is -2.12. The zero-order valence-corrected chi connectivity index (χ0v) is 14.0. The molecule has 0 bridgehead atoms. The average molecular weight is 339 g/mol. The number of thiocarbonyl (C=S) groups is 1. The van der Waals surface area contributed by atoms with Gasteiger partial charge in [0.25, 0.3) is 0 Å². The minimum absolute atomic E-state index is 0.0474. The first-order chi connectivity index (χ1) is 11.1. The van der Waals surface area contributed by atoms with E-state index in [1.807, 2.05) is 0 Å². The van der Waals surface area contributed by atoms with Gasteiger partial charge in [0.2, 0.25) is 5.75 Å². The fourth-order valence-corrected chi connectivity index (χ4v) is 2.34. The Hall–Kier alpha value is -2.06. The Morgan fingerprint density at radius 3 is 2.70 bits per heavy atom. The van der Waals surface area contributed by atoms with E-state index in [1.54, 1.807) is 18.3 Å². The summed E-state index contributed by atoms with van der Waals surface area (Å²) in [5, 5.41) is 17.4. The Balaban J connectivity index is 1.88. The summed E-state index contributed by atoms with van der Waals surface area (Å²) in [4.78, 5) is 0. The molecule has 1 aromatic carbocycles. The van der Waals surface area contributed by atoms with Gasteiger partial charge >= 0.3 is 0 Å². The third kappa shape index (κ3) is 4.97. The smallest absolute Gasteiger partial charge is 0.200 e. The van der Waals surface area contributed by atoms with Crippen molar-refractivity contribution in [2.24, 2.45) is 5.10 Å². The molecule has 7 nitrogen and oxygen atoms in total. The summed E-state index contributed by atoms with van der Waals surface area (Å²) in [5.74, 6) is 0.573. The summed E-state index contributed by atoms with van der Waals surface area (Å²) in [6, 6.07) is 3.29. The molecule has 1 aliphatic heterocycles. The van der Waals surface area contributed by atoms with Crippen LogP contribution in [0.25, 0.3) is 0 Å². The minimum Gasteiger partial charge on any atom is -0.502 e. The maximum atomic E-state index is 9.85. The molecule has 0 saturated carbocycles. The van der Waals surface area contributed by atoms with Gasteiger partial charge < -0.3 is 24.6 Å². The van der Waals surface area contributed by atoms with Crippen LogP contribution in [0.15, 0.2) is 17.2 Å². The lowest BCUT2D eigenvalue weighted by molar-refractivity contribution is 0.114. The molecule has 0 amide bonds. The maximum Gasteiger partial charge on any atom is 0.200 e. The number of ether oxygens (including phenoxy) is 3. The Morgan fingerprint density at radius 2 is 2.13 bits per heavy atom. The molecule has 126 valence electrons. The van der Waals surface area contributed by atoms with E-state index in [2.05, 4.69) is 15.8 Å². The summed E-state index contributed by atoms with van der Waals surface area (Å²) in [5.41, 5.74) is 3.43. The first-order valence-corrected chi connectivity index (χ1v) is 7.68. The quantitative estimate of drug-likeness (QED) is 0.410. The monoisotopic (exact) mass is 339 g/mol. The highest BCUT2D eigenvalue weighted by atomic mass is 32.1. The first-order valence-electron chi connectivity index (χ1n) is 7.27. The largest absolute Gasteiger partial charge is 0.502 e. The summed E-state index contributed by atoms with van der Waals surface area (Å²) in [6.45, 7) is 1.48. The number of benzene rings is 1. The van der Waals surface area contributed by atoms with E-state index in [9.17, 15) is 5.11 Å². The second-order valence-electron chi connectivity index (χ2n) is 4.99. The van der Waals surface area contributed by atoms with Crippen molar-refractivity contribution >= 4 is 23.5 Å². The van der Waals surface area contributed by atoms with Gasteiger partial charge in [-0.1, -0.05) is 0 Å². The van der Waals surface area contributed by atoms with Crippen molar-refractivity contribution in [3.63, 3.8) is 0 Å². The number of nitrogens with zero attached hydrogens (tertiary/aromatic N) is 1. The summed E-state index contributed by atoms with van der Waals surface area (Å²) >= 11 is 5.14. The topological polar surface area (TPSA) is 84.3 Å². The number of rotatable bonds is 6. The molecule has 0 aromatic heterocycles. The van der Waals surface area contributed by atoms with Crippen LogP contribution in [0.5, 0.6) is 17.2 Å². The van der Waals surface area contributed by atoms with Gasteiger partial charge in [-0.3, -0.25) is 5.43 Å². The molecule has 1 aliphatic rings. The molecule has 0 aliphatic carbocycles. The maximum absolute atomic E-state index is 9.85. The number of hydrazone groups is 1. The SMILES string of the molecule is COc1cc(/C=N/NC(=S)NC[C@@H]2CCCO2)cc(OC)c1O. The zero-order chi connectivity index (χ0) is 16.7. The fourth-order valence-electron chi connectivity index (χ4n) is 2.21. The van der Waals surface area contributed by atoms with Crippen LogP contribution in [0.2, 0.25) is 0 Å². The van der Waals surface area contributed by atoms with Gasteiger partial charge in [-0.15, -0.1) is 0 Å². The van der Waals surface area contributed by atoms with Crippen molar-refractivity contribution < 1.29 is 19.3 Å². The van der Waals surface area contributed by atoms with Crippen LogP contribution in [0, 0.1) is 0 Å². The van der Waals surface area contributed by atoms with Crippen molar-refractivity contribution in [1.29, 1.82) is 0 Å². The van der Waals surface area contributed by atoms with Gasteiger partial charge in [-0.25, -0.2) is 0 Å². The molecule has 1 atom stereocenters. The second kappa shape index (κ2) is 8.54. The van der Waals surface area contributed by atoms with Gasteiger partial charge in [0.05, 0.1) is 26.5 Å². The highest BCUT2D eigenvalue weighted by molar-refractivity contribution is 7.80. The molecule has 23 heavy (non-hydrogen) atoms. The Kier molecular flexibility index (Phi) is 6.42. The molecule has 8 heteroatoms. The number of aromatic hydroxyl groups is 1. The van der Waals surface area contributed by atoms with E-state index < -0.39 is 0 Å². The predicted octanol–water partition coefficient (Wildman–Crippen LogP) is 1.39. The van der Waals surface area contributed by atoms with E-state index in [1.165, 1.54) is 14.2 Å². The van der Waals surface area contributed by atoms with Gasteiger partial charge in [0.1, 0.15) is 0 Å². The molecule has 1 aromatic rings. The van der Waals surface area contributed by atoms with E-state index in [-0.39, 0.29) is 11.9 Å². The van der Waals surface area contributed by atoms with Crippen LogP contribution in [-0.2, 0) is 4.74 Å². The highest BCUT2D eigenvalue weighted by Crippen LogP contribution is 2.36. The molecule has 0 spiro atoms. The van der Waals surface area contributed by atoms with Crippen LogP contribution >= 0.6 is 12.2 Å². The van der Waals surface area contributed by atoms with Gasteiger partial charge in [-0.2, -0.15) is 5.10 Å². The molecule has 2 rings (SSSR count). The Morgan fingerprint density at radius 1 is 1.43 bits per heavy atom. The molecule has 3 N–H and O–H groups in total. The Labute approximate surface area is 140 Å². The standard InChI is InChI=1S/C15H21N3O4S/c1-20-12-6-10(7-13(21-2)14(12)19)8-17-18-15(23)16-9-11-4-3-5-22-11/h6-8,11,19H,3-5,9H2,1-2H3,(H2,16,18,23)/b17-8+/t11-/m0/s1. The van der Waals surface area contributed by atoms with Crippen LogP contribution in [0.1, 0.15) is 18.4 Å². The minimum atomic E-state index is -0.0474. The third-order valence-electron chi connectivity index (χ3n) is 3.40. The van der Waals surface area contributed by atoms with E-state index in [0.717, 1.165) is 19.4 Å². The fraction of sp³-hybridized carbons (Fsp3) is 0.467. The molecular formula is C15H21N3O4S. The van der Waals surface area contributed by atoms with Crippen LogP contribution in [0.4, 0.5) is 0 Å². The lowest BCUT2D eigenvalue weighted by atomic mass is 10.2. The van der Waals surface area contributed by atoms with Crippen LogP contribution < -0.4 is 20.2 Å². The summed E-state index contributed by atoms with van der Waals surface area (Å²) in [7, 11) is 2.94. The number of nitrogens with one attached hydrogen (secondary N) is 2. The van der Waals surface area contributed by atoms with E-state index in [0.29, 0.717) is 28.7 Å². The second-order valence-corrected chi connectivity index (χ2v) is 5.40. The van der Waals surface area contributed by atoms with Crippen molar-refractivity contribution in [2.45, 2.75) is 18.9 Å². The van der Waals surface area contributed by atoms with Gasteiger partial charge in [-0.05, 0) is 37.2 Å². The van der Waals surface area contributed by atoms with Crippen molar-refractivity contribution in [3.05, 3.63) is 17.7 Å². The van der Waals surface area contributed by atoms with Crippen molar-refractivity contribution in [2.75, 3.05) is 27.4 Å². The predicted molar refractivity (Wildman–Crippen MR) is 91.5 cm³/mol. The van der Waals surface area contributed by atoms with Gasteiger partial charge in [0, 0.05) is 18.7 Å². The number of hydrogen-bond acceptors (Lipinski definition) is 6. The van der Waals surface area contributed by atoms with Crippen LogP contribution in [-0.4, -0.2) is 49.9 Å². The summed E-state index contributed by atoms with van der Waals surface area (Å²) < 4.78 is 15.7. The van der Waals surface area contributed by atoms with Gasteiger partial charge in [0.15, 0.2) is 16.6 Å². The molecule has 1 fully saturated rings. The van der Waals surface area contributed by atoms with Crippen molar-refractivity contribution in [1.82, 2.24) is 10.7 Å². The zero-order valence-electron chi connectivity index (χ0n) is 13.2. The lowest BCUT2D eigenvalue weighted by Crippen LogP contribution is -2.37. The molecule has 1 heterocycles. The van der Waals surface area contributed by atoms with E-state index in [4.69, 9.17) is 26.4 Å². The third-order valence-corrected chi connectivity index (χ3v) is 3.63. The molecule has 0 unspecified atom stereocenters. The first kappa shape index (κ1) is 17.3. The molecule has 0 radical (unpaired) electrons. The molecular weight excluding hydrogens is 318 g/mol. The normalized spacial score (nSPS) is 17.2. The number of phenols is 1. The number of methoxy groups -OCH3 is 2. The average Bonchev–Trinajstić information content (AvgIpc) is 3.07. The highest BCUT2D eigenvalue weighted by Gasteiger charge is 2.15. The van der Waals surface area contributed by atoms with Crippen molar-refractivity contribution in [3.8, 4) is 17.2 Å². The summed E-state index contributed by atoms with van der Waals surface area (Å²) in [6.07, 6.45) is 3.91. The molecule has 1 saturated heterocycles. The van der Waals surface area contributed by atoms with Crippen LogP contribution in [0.3, 0.4) is 0 Å². The van der Waals surface area contributed by atoms with E-state index >= 15 is 0 Å². The number of hydrogen-bond donors (Lipinski definition) is 3. The Bertz CT molecular complexity index is 549. The number of phenolic OH excluding ortho intramolecular Hbond substituents is 1.